The van der Waals surface area contributed by atoms with E-state index in [1.54, 1.807) is 17.0 Å². The van der Waals surface area contributed by atoms with Gasteiger partial charge in [0.25, 0.3) is 0 Å². The minimum absolute atomic E-state index is 0.0325. The third-order valence-corrected chi connectivity index (χ3v) is 5.36. The summed E-state index contributed by atoms with van der Waals surface area (Å²) in [7, 11) is -3.02. The van der Waals surface area contributed by atoms with Crippen LogP contribution in [0.4, 0.5) is 9.18 Å². The van der Waals surface area contributed by atoms with Gasteiger partial charge < -0.3 is 10.2 Å². The Hall–Kier alpha value is -1.63. The SMILES string of the molecule is CCN(C(=O)NCc1ccc(F)cc1)C1CCS(=O)(=O)C1. The first-order chi connectivity index (χ1) is 9.91. The van der Waals surface area contributed by atoms with Gasteiger partial charge in [0.2, 0.25) is 0 Å². The van der Waals surface area contributed by atoms with Crippen LogP contribution in [0.25, 0.3) is 0 Å². The molecule has 1 aromatic carbocycles. The molecule has 0 radical (unpaired) electrons. The standard InChI is InChI=1S/C14H19FN2O3S/c1-2-17(13-7-8-21(19,20)10-13)14(18)16-9-11-3-5-12(15)6-4-11/h3-6,13H,2,7-10H2,1H3,(H,16,18). The second-order valence-corrected chi connectivity index (χ2v) is 7.36. The van der Waals surface area contributed by atoms with E-state index >= 15 is 0 Å². The van der Waals surface area contributed by atoms with E-state index in [-0.39, 0.29) is 35.9 Å². The van der Waals surface area contributed by atoms with Crippen molar-refractivity contribution in [3.05, 3.63) is 35.6 Å². The summed E-state index contributed by atoms with van der Waals surface area (Å²) in [6.07, 6.45) is 0.486. The lowest BCUT2D eigenvalue weighted by Crippen LogP contribution is -2.46. The summed E-state index contributed by atoms with van der Waals surface area (Å²) in [4.78, 5) is 13.7. The number of rotatable bonds is 4. The van der Waals surface area contributed by atoms with Gasteiger partial charge in [-0.15, -0.1) is 0 Å². The number of sulfone groups is 1. The highest BCUT2D eigenvalue weighted by Gasteiger charge is 2.33. The van der Waals surface area contributed by atoms with Crippen LogP contribution in [0.1, 0.15) is 18.9 Å². The number of hydrogen-bond acceptors (Lipinski definition) is 3. The van der Waals surface area contributed by atoms with Gasteiger partial charge in [-0.25, -0.2) is 17.6 Å². The van der Waals surface area contributed by atoms with Crippen molar-refractivity contribution >= 4 is 15.9 Å². The molecule has 21 heavy (non-hydrogen) atoms. The summed E-state index contributed by atoms with van der Waals surface area (Å²) in [5, 5.41) is 2.74. The molecule has 1 unspecified atom stereocenters. The normalized spacial score (nSPS) is 20.2. The maximum absolute atomic E-state index is 12.8. The van der Waals surface area contributed by atoms with E-state index in [2.05, 4.69) is 5.32 Å². The van der Waals surface area contributed by atoms with Crippen LogP contribution >= 0.6 is 0 Å². The Morgan fingerprint density at radius 2 is 2.05 bits per heavy atom. The molecule has 1 atom stereocenters. The molecule has 0 bridgehead atoms. The fourth-order valence-electron chi connectivity index (χ4n) is 2.47. The van der Waals surface area contributed by atoms with Gasteiger partial charge in [-0.1, -0.05) is 12.1 Å². The lowest BCUT2D eigenvalue weighted by atomic mass is 10.2. The first-order valence-electron chi connectivity index (χ1n) is 6.90. The van der Waals surface area contributed by atoms with Crippen LogP contribution in [0.15, 0.2) is 24.3 Å². The lowest BCUT2D eigenvalue weighted by Gasteiger charge is -2.27. The monoisotopic (exact) mass is 314 g/mol. The van der Waals surface area contributed by atoms with Crippen LogP contribution in [0, 0.1) is 5.82 Å². The largest absolute Gasteiger partial charge is 0.334 e. The maximum atomic E-state index is 12.8. The first kappa shape index (κ1) is 15.8. The topological polar surface area (TPSA) is 66.5 Å². The average molecular weight is 314 g/mol. The Morgan fingerprint density at radius 1 is 1.38 bits per heavy atom. The zero-order valence-electron chi connectivity index (χ0n) is 11.9. The minimum atomic E-state index is -3.02. The molecule has 5 nitrogen and oxygen atoms in total. The average Bonchev–Trinajstić information content (AvgIpc) is 2.79. The highest BCUT2D eigenvalue weighted by molar-refractivity contribution is 7.91. The molecule has 116 valence electrons. The maximum Gasteiger partial charge on any atom is 0.317 e. The molecule has 1 saturated heterocycles. The molecule has 1 fully saturated rings. The van der Waals surface area contributed by atoms with E-state index in [1.807, 2.05) is 6.92 Å². The van der Waals surface area contributed by atoms with Crippen molar-refractivity contribution < 1.29 is 17.6 Å². The Balaban J connectivity index is 1.93. The first-order valence-corrected chi connectivity index (χ1v) is 8.73. The van der Waals surface area contributed by atoms with Gasteiger partial charge in [0, 0.05) is 19.1 Å². The Bertz CT molecular complexity index is 601. The Labute approximate surface area is 124 Å². The van der Waals surface area contributed by atoms with Crippen LogP contribution in [0.3, 0.4) is 0 Å². The predicted molar refractivity (Wildman–Crippen MR) is 78.1 cm³/mol. The van der Waals surface area contributed by atoms with Gasteiger partial charge in [0.05, 0.1) is 11.5 Å². The molecule has 2 rings (SSSR count). The summed E-state index contributed by atoms with van der Waals surface area (Å²) < 4.78 is 35.8. The number of carbonyl (C=O) groups excluding carboxylic acids is 1. The fraction of sp³-hybridized carbons (Fsp3) is 0.500. The third-order valence-electron chi connectivity index (χ3n) is 3.61. The number of urea groups is 1. The molecular formula is C14H19FN2O3S. The van der Waals surface area contributed by atoms with Gasteiger partial charge in [0.15, 0.2) is 9.84 Å². The van der Waals surface area contributed by atoms with Gasteiger partial charge in [-0.2, -0.15) is 0 Å². The second-order valence-electron chi connectivity index (χ2n) is 5.13. The molecule has 1 heterocycles. The number of carbonyl (C=O) groups is 1. The molecule has 0 spiro atoms. The van der Waals surface area contributed by atoms with Gasteiger partial charge in [-0.3, -0.25) is 0 Å². The van der Waals surface area contributed by atoms with E-state index in [1.165, 1.54) is 12.1 Å². The van der Waals surface area contributed by atoms with E-state index in [0.717, 1.165) is 5.56 Å². The van der Waals surface area contributed by atoms with E-state index in [9.17, 15) is 17.6 Å². The molecule has 0 aliphatic carbocycles. The van der Waals surface area contributed by atoms with Crippen molar-refractivity contribution in [3.63, 3.8) is 0 Å². The molecule has 1 N–H and O–H groups in total. The molecule has 0 saturated carbocycles. The number of nitrogens with one attached hydrogen (secondary N) is 1. The molecule has 1 aromatic rings. The molecule has 1 aliphatic heterocycles. The second kappa shape index (κ2) is 6.43. The molecule has 2 amide bonds. The quantitative estimate of drug-likeness (QED) is 0.917. The smallest absolute Gasteiger partial charge is 0.317 e. The number of nitrogens with zero attached hydrogens (tertiary/aromatic N) is 1. The van der Waals surface area contributed by atoms with Crippen LogP contribution in [-0.4, -0.2) is 43.4 Å². The van der Waals surface area contributed by atoms with Crippen molar-refractivity contribution in [1.29, 1.82) is 0 Å². The molecule has 1 aliphatic rings. The van der Waals surface area contributed by atoms with Crippen molar-refractivity contribution in [3.8, 4) is 0 Å². The molecule has 7 heteroatoms. The molecule has 0 aromatic heterocycles. The van der Waals surface area contributed by atoms with E-state index in [0.29, 0.717) is 13.0 Å². The van der Waals surface area contributed by atoms with Gasteiger partial charge in [0.1, 0.15) is 5.82 Å². The number of hydrogen-bond donors (Lipinski definition) is 1. The molecular weight excluding hydrogens is 295 g/mol. The van der Waals surface area contributed by atoms with Gasteiger partial charge in [-0.05, 0) is 31.0 Å². The van der Waals surface area contributed by atoms with Crippen LogP contribution < -0.4 is 5.32 Å². The summed E-state index contributed by atoms with van der Waals surface area (Å²) in [5.41, 5.74) is 0.792. The predicted octanol–water partition coefficient (Wildman–Crippen LogP) is 1.54. The lowest BCUT2D eigenvalue weighted by molar-refractivity contribution is 0.183. The summed E-state index contributed by atoms with van der Waals surface area (Å²) >= 11 is 0. The van der Waals surface area contributed by atoms with Crippen molar-refractivity contribution in [1.82, 2.24) is 10.2 Å². The highest BCUT2D eigenvalue weighted by Crippen LogP contribution is 2.17. The van der Waals surface area contributed by atoms with Crippen LogP contribution in [-0.2, 0) is 16.4 Å². The fourth-order valence-corrected chi connectivity index (χ4v) is 4.20. The van der Waals surface area contributed by atoms with E-state index in [4.69, 9.17) is 0 Å². The van der Waals surface area contributed by atoms with Crippen molar-refractivity contribution in [2.75, 3.05) is 18.1 Å². The van der Waals surface area contributed by atoms with Crippen molar-refractivity contribution in [2.24, 2.45) is 0 Å². The zero-order chi connectivity index (χ0) is 15.5. The minimum Gasteiger partial charge on any atom is -0.334 e. The van der Waals surface area contributed by atoms with Gasteiger partial charge >= 0.3 is 6.03 Å². The Kier molecular flexibility index (Phi) is 4.82. The van der Waals surface area contributed by atoms with Crippen molar-refractivity contribution in [2.45, 2.75) is 25.9 Å². The number of halogens is 1. The number of benzene rings is 1. The van der Waals surface area contributed by atoms with E-state index < -0.39 is 9.84 Å². The third kappa shape index (κ3) is 4.17. The van der Waals surface area contributed by atoms with Crippen LogP contribution in [0.5, 0.6) is 0 Å². The highest BCUT2D eigenvalue weighted by atomic mass is 32.2. The number of amides is 2. The zero-order valence-corrected chi connectivity index (χ0v) is 12.7. The summed E-state index contributed by atoms with van der Waals surface area (Å²) in [5.74, 6) is -0.152. The van der Waals surface area contributed by atoms with Crippen LogP contribution in [0.2, 0.25) is 0 Å². The summed E-state index contributed by atoms with van der Waals surface area (Å²) in [6.45, 7) is 2.56. The Morgan fingerprint density at radius 3 is 2.57 bits per heavy atom. The summed E-state index contributed by atoms with van der Waals surface area (Å²) in [6, 6.07) is 5.33.